The van der Waals surface area contributed by atoms with Gasteiger partial charge in [-0.2, -0.15) is 4.51 Å². The molecule has 2 aromatic carbocycles. The van der Waals surface area contributed by atoms with Crippen LogP contribution in [0.25, 0.3) is 0 Å². The summed E-state index contributed by atoms with van der Waals surface area (Å²) in [7, 11) is 0. The molecule has 2 rings (SSSR count). The van der Waals surface area contributed by atoms with Crippen molar-refractivity contribution in [1.29, 1.82) is 0 Å². The van der Waals surface area contributed by atoms with Gasteiger partial charge in [0, 0.05) is 22.4 Å². The molecule has 92 valence electrons. The van der Waals surface area contributed by atoms with Crippen LogP contribution in [0.3, 0.4) is 0 Å². The van der Waals surface area contributed by atoms with Crippen LogP contribution in [-0.4, -0.2) is 5.84 Å². The highest BCUT2D eigenvalue weighted by Crippen LogP contribution is 2.26. The second-order valence-corrected chi connectivity index (χ2v) is 4.56. The molecule has 18 heavy (non-hydrogen) atoms. The van der Waals surface area contributed by atoms with E-state index in [0.29, 0.717) is 21.6 Å². The maximum absolute atomic E-state index is 6.07. The van der Waals surface area contributed by atoms with E-state index in [1.165, 1.54) is 0 Å². The van der Waals surface area contributed by atoms with Crippen LogP contribution >= 0.6 is 35.0 Å². The standard InChI is InChI=1S/C13H9Cl3N2/c14-10-6-7-12(11(15)8-10)17-13(18-16)9-4-2-1-3-5-9/h1-8H,(H,17,18). The number of hydrogen-bond acceptors (Lipinski definition) is 1. The Morgan fingerprint density at radius 3 is 2.33 bits per heavy atom. The number of halogens is 3. The van der Waals surface area contributed by atoms with Crippen LogP contribution in [-0.2, 0) is 0 Å². The molecule has 1 N–H and O–H groups in total. The summed E-state index contributed by atoms with van der Waals surface area (Å²) in [5.74, 6) is 0.529. The number of anilines is 1. The molecule has 0 spiro atoms. The zero-order valence-corrected chi connectivity index (χ0v) is 11.5. The molecule has 0 heterocycles. The van der Waals surface area contributed by atoms with E-state index in [1.807, 2.05) is 30.3 Å². The van der Waals surface area contributed by atoms with Crippen LogP contribution in [0, 0.1) is 0 Å². The summed E-state index contributed by atoms with van der Waals surface area (Å²) < 4.78 is 3.70. The van der Waals surface area contributed by atoms with Gasteiger partial charge in [0.1, 0.15) is 0 Å². The molecule has 0 unspecified atom stereocenters. The Bertz CT molecular complexity index is 568. The van der Waals surface area contributed by atoms with E-state index >= 15 is 0 Å². The van der Waals surface area contributed by atoms with Gasteiger partial charge >= 0.3 is 0 Å². The SMILES string of the molecule is Cl/N=C(\Nc1ccc(Cl)cc1Cl)c1ccccc1. The summed E-state index contributed by atoms with van der Waals surface area (Å²) in [4.78, 5) is 0. The van der Waals surface area contributed by atoms with Gasteiger partial charge < -0.3 is 5.32 Å². The highest BCUT2D eigenvalue weighted by molar-refractivity contribution is 6.37. The Morgan fingerprint density at radius 1 is 1.00 bits per heavy atom. The van der Waals surface area contributed by atoms with E-state index in [2.05, 4.69) is 9.83 Å². The monoisotopic (exact) mass is 298 g/mol. The fraction of sp³-hybridized carbons (Fsp3) is 0. The molecule has 0 aliphatic carbocycles. The Balaban J connectivity index is 2.27. The maximum atomic E-state index is 6.07. The lowest BCUT2D eigenvalue weighted by atomic mass is 10.2. The summed E-state index contributed by atoms with van der Waals surface area (Å²) >= 11 is 17.5. The lowest BCUT2D eigenvalue weighted by Crippen LogP contribution is -2.12. The molecule has 0 radical (unpaired) electrons. The molecule has 0 fully saturated rings. The average molecular weight is 300 g/mol. The van der Waals surface area contributed by atoms with Crippen LogP contribution in [0.1, 0.15) is 5.56 Å². The number of nitrogens with one attached hydrogen (secondary N) is 1. The number of nitrogens with zero attached hydrogens (tertiary/aromatic N) is 1. The lowest BCUT2D eigenvalue weighted by molar-refractivity contribution is 1.56. The van der Waals surface area contributed by atoms with E-state index in [4.69, 9.17) is 35.0 Å². The van der Waals surface area contributed by atoms with E-state index in [0.717, 1.165) is 5.56 Å². The van der Waals surface area contributed by atoms with Gasteiger partial charge in [-0.1, -0.05) is 53.5 Å². The average Bonchev–Trinajstić information content (AvgIpc) is 2.39. The van der Waals surface area contributed by atoms with Crippen molar-refractivity contribution in [3.8, 4) is 0 Å². The van der Waals surface area contributed by atoms with Crippen LogP contribution in [0.4, 0.5) is 5.69 Å². The molecule has 0 aliphatic heterocycles. The van der Waals surface area contributed by atoms with E-state index in [1.54, 1.807) is 18.2 Å². The second-order valence-electron chi connectivity index (χ2n) is 3.55. The smallest absolute Gasteiger partial charge is 0.152 e. The third kappa shape index (κ3) is 3.16. The van der Waals surface area contributed by atoms with E-state index in [-0.39, 0.29) is 0 Å². The van der Waals surface area contributed by atoms with Crippen LogP contribution in [0.2, 0.25) is 10.0 Å². The highest BCUT2D eigenvalue weighted by atomic mass is 35.5. The van der Waals surface area contributed by atoms with Gasteiger partial charge in [0.15, 0.2) is 5.84 Å². The number of rotatable bonds is 2. The topological polar surface area (TPSA) is 24.4 Å². The molecule has 2 aromatic rings. The Hall–Kier alpha value is -1.22. The minimum Gasteiger partial charge on any atom is -0.338 e. The molecule has 0 saturated heterocycles. The van der Waals surface area contributed by atoms with E-state index in [9.17, 15) is 0 Å². The fourth-order valence-corrected chi connectivity index (χ4v) is 2.05. The van der Waals surface area contributed by atoms with Gasteiger partial charge in [0.05, 0.1) is 10.7 Å². The number of benzene rings is 2. The minimum atomic E-state index is 0.510. The van der Waals surface area contributed by atoms with Crippen LogP contribution < -0.4 is 5.32 Å². The summed E-state index contributed by atoms with van der Waals surface area (Å²) in [6, 6.07) is 14.7. The predicted octanol–water partition coefficient (Wildman–Crippen LogP) is 5.01. The molecule has 2 nitrogen and oxygen atoms in total. The first-order chi connectivity index (χ1) is 8.70. The lowest BCUT2D eigenvalue weighted by Gasteiger charge is -2.10. The molecular weight excluding hydrogens is 291 g/mol. The van der Waals surface area contributed by atoms with Gasteiger partial charge in [-0.3, -0.25) is 0 Å². The van der Waals surface area contributed by atoms with Crippen molar-refractivity contribution in [3.05, 3.63) is 64.1 Å². The molecule has 0 atom stereocenters. The van der Waals surface area contributed by atoms with Gasteiger partial charge in [-0.15, -0.1) is 0 Å². The largest absolute Gasteiger partial charge is 0.338 e. The van der Waals surface area contributed by atoms with Crippen molar-refractivity contribution < 1.29 is 0 Å². The maximum Gasteiger partial charge on any atom is 0.152 e. The summed E-state index contributed by atoms with van der Waals surface area (Å²) in [6.45, 7) is 0. The zero-order valence-electron chi connectivity index (χ0n) is 9.20. The Labute approximate surface area is 120 Å². The second kappa shape index (κ2) is 6.10. The third-order valence-corrected chi connectivity index (χ3v) is 3.03. The normalized spacial score (nSPS) is 11.4. The first-order valence-corrected chi connectivity index (χ1v) is 6.26. The third-order valence-electron chi connectivity index (χ3n) is 2.32. The van der Waals surface area contributed by atoms with Gasteiger partial charge in [-0.05, 0) is 18.2 Å². The molecule has 0 saturated carbocycles. The Morgan fingerprint density at radius 2 is 1.72 bits per heavy atom. The highest BCUT2D eigenvalue weighted by Gasteiger charge is 2.06. The first kappa shape index (κ1) is 13.2. The van der Waals surface area contributed by atoms with Gasteiger partial charge in [0.2, 0.25) is 0 Å². The van der Waals surface area contributed by atoms with Gasteiger partial charge in [-0.25, -0.2) is 0 Å². The van der Waals surface area contributed by atoms with Crippen molar-refractivity contribution in [3.63, 3.8) is 0 Å². The molecule has 0 aliphatic rings. The molecule has 0 aromatic heterocycles. The van der Waals surface area contributed by atoms with Crippen molar-refractivity contribution in [2.24, 2.45) is 4.51 Å². The summed E-state index contributed by atoms with van der Waals surface area (Å²) in [6.07, 6.45) is 0. The minimum absolute atomic E-state index is 0.510. The number of hydrogen-bond donors (Lipinski definition) is 1. The Kier molecular flexibility index (Phi) is 4.48. The first-order valence-electron chi connectivity index (χ1n) is 5.17. The van der Waals surface area contributed by atoms with E-state index < -0.39 is 0 Å². The molecule has 0 bridgehead atoms. The van der Waals surface area contributed by atoms with Crippen molar-refractivity contribution >= 4 is 46.5 Å². The quantitative estimate of drug-likeness (QED) is 0.612. The zero-order chi connectivity index (χ0) is 13.0. The van der Waals surface area contributed by atoms with Crippen molar-refractivity contribution in [2.45, 2.75) is 0 Å². The fourth-order valence-electron chi connectivity index (χ4n) is 1.46. The van der Waals surface area contributed by atoms with Crippen LogP contribution in [0.5, 0.6) is 0 Å². The predicted molar refractivity (Wildman–Crippen MR) is 78.9 cm³/mol. The summed E-state index contributed by atoms with van der Waals surface area (Å²) in [5.41, 5.74) is 1.57. The van der Waals surface area contributed by atoms with Crippen LogP contribution in [0.15, 0.2) is 53.0 Å². The summed E-state index contributed by atoms with van der Waals surface area (Å²) in [5, 5.41) is 4.16. The molecular formula is C13H9Cl3N2. The molecule has 5 heteroatoms. The molecule has 0 amide bonds. The number of amidine groups is 1. The van der Waals surface area contributed by atoms with Gasteiger partial charge in [0.25, 0.3) is 0 Å². The van der Waals surface area contributed by atoms with Crippen molar-refractivity contribution in [1.82, 2.24) is 0 Å². The van der Waals surface area contributed by atoms with Crippen molar-refractivity contribution in [2.75, 3.05) is 5.32 Å².